The van der Waals surface area contributed by atoms with E-state index in [1.54, 1.807) is 18.5 Å². The molecule has 1 heterocycles. The van der Waals surface area contributed by atoms with Crippen molar-refractivity contribution in [3.05, 3.63) is 36.4 Å². The number of halogens is 1. The van der Waals surface area contributed by atoms with Crippen LogP contribution in [-0.4, -0.2) is 14.8 Å². The summed E-state index contributed by atoms with van der Waals surface area (Å²) >= 11 is 0. The van der Waals surface area contributed by atoms with Crippen LogP contribution in [-0.2, 0) is 6.54 Å². The van der Waals surface area contributed by atoms with Crippen molar-refractivity contribution in [2.45, 2.75) is 20.4 Å². The van der Waals surface area contributed by atoms with Gasteiger partial charge in [-0.25, -0.2) is 4.39 Å². The highest BCUT2D eigenvalue weighted by molar-refractivity contribution is 5.54. The zero-order chi connectivity index (χ0) is 11.5. The molecule has 0 spiro atoms. The topological polar surface area (TPSA) is 30.7 Å². The number of benzene rings is 1. The van der Waals surface area contributed by atoms with Gasteiger partial charge in [-0.3, -0.25) is 0 Å². The molecule has 3 nitrogen and oxygen atoms in total. The second kappa shape index (κ2) is 4.43. The van der Waals surface area contributed by atoms with Gasteiger partial charge in [0.25, 0.3) is 0 Å². The quantitative estimate of drug-likeness (QED) is 0.794. The van der Waals surface area contributed by atoms with E-state index in [9.17, 15) is 4.39 Å². The maximum atomic E-state index is 12.8. The lowest BCUT2D eigenvalue weighted by Crippen LogP contribution is -2.05. The van der Waals surface area contributed by atoms with Crippen LogP contribution < -0.4 is 0 Å². The molecule has 0 amide bonds. The van der Waals surface area contributed by atoms with Gasteiger partial charge in [-0.15, -0.1) is 10.2 Å². The Bertz CT molecular complexity index is 459. The molecular weight excluding hydrogens is 205 g/mol. The molecule has 0 aliphatic rings. The molecule has 0 unspecified atom stereocenters. The summed E-state index contributed by atoms with van der Waals surface area (Å²) in [5, 5.41) is 7.95. The highest BCUT2D eigenvalue weighted by Crippen LogP contribution is 2.17. The van der Waals surface area contributed by atoms with Crippen molar-refractivity contribution in [3.8, 4) is 11.4 Å². The summed E-state index contributed by atoms with van der Waals surface area (Å²) in [6.07, 6.45) is 1.71. The second-order valence-corrected chi connectivity index (χ2v) is 4.21. The Morgan fingerprint density at radius 3 is 2.56 bits per heavy atom. The molecule has 84 valence electrons. The van der Waals surface area contributed by atoms with Crippen molar-refractivity contribution in [2.75, 3.05) is 0 Å². The standard InChI is InChI=1S/C12H14FN3/c1-9(2)7-16-8-14-15-12(16)10-3-5-11(13)6-4-10/h3-6,8-9H,7H2,1-2H3. The summed E-state index contributed by atoms with van der Waals surface area (Å²) < 4.78 is 14.8. The molecule has 16 heavy (non-hydrogen) atoms. The maximum Gasteiger partial charge on any atom is 0.163 e. The molecule has 0 fully saturated rings. The fourth-order valence-electron chi connectivity index (χ4n) is 1.60. The Morgan fingerprint density at radius 2 is 1.94 bits per heavy atom. The van der Waals surface area contributed by atoms with E-state index < -0.39 is 0 Å². The molecule has 0 radical (unpaired) electrons. The maximum absolute atomic E-state index is 12.8. The Balaban J connectivity index is 2.33. The van der Waals surface area contributed by atoms with E-state index in [-0.39, 0.29) is 5.82 Å². The van der Waals surface area contributed by atoms with Gasteiger partial charge in [0.1, 0.15) is 12.1 Å². The molecule has 0 aliphatic heterocycles. The first kappa shape index (κ1) is 10.8. The molecule has 2 rings (SSSR count). The molecule has 0 atom stereocenters. The molecule has 0 bridgehead atoms. The molecular formula is C12H14FN3. The SMILES string of the molecule is CC(C)Cn1cnnc1-c1ccc(F)cc1. The van der Waals surface area contributed by atoms with E-state index >= 15 is 0 Å². The molecule has 0 N–H and O–H groups in total. The predicted octanol–water partition coefficient (Wildman–Crippen LogP) is 2.74. The minimum atomic E-state index is -0.237. The van der Waals surface area contributed by atoms with Gasteiger partial charge in [0.15, 0.2) is 5.82 Å². The number of hydrogen-bond acceptors (Lipinski definition) is 2. The Morgan fingerprint density at radius 1 is 1.25 bits per heavy atom. The fourth-order valence-corrected chi connectivity index (χ4v) is 1.60. The van der Waals surface area contributed by atoms with Crippen LogP contribution in [0.2, 0.25) is 0 Å². The Kier molecular flexibility index (Phi) is 2.99. The van der Waals surface area contributed by atoms with Crippen molar-refractivity contribution in [1.82, 2.24) is 14.8 Å². The zero-order valence-corrected chi connectivity index (χ0v) is 9.39. The van der Waals surface area contributed by atoms with Crippen LogP contribution >= 0.6 is 0 Å². The Labute approximate surface area is 93.9 Å². The molecule has 4 heteroatoms. The van der Waals surface area contributed by atoms with Crippen LogP contribution in [0.5, 0.6) is 0 Å². The summed E-state index contributed by atoms with van der Waals surface area (Å²) in [5.74, 6) is 1.07. The normalized spacial score (nSPS) is 11.0. The third kappa shape index (κ3) is 2.27. The first-order chi connectivity index (χ1) is 7.66. The molecule has 0 saturated heterocycles. The first-order valence-electron chi connectivity index (χ1n) is 5.30. The van der Waals surface area contributed by atoms with Crippen LogP contribution in [0, 0.1) is 11.7 Å². The molecule has 1 aromatic carbocycles. The fraction of sp³-hybridized carbons (Fsp3) is 0.333. The van der Waals surface area contributed by atoms with Crippen LogP contribution in [0.15, 0.2) is 30.6 Å². The highest BCUT2D eigenvalue weighted by Gasteiger charge is 2.08. The summed E-state index contributed by atoms with van der Waals surface area (Å²) in [6, 6.07) is 6.31. The summed E-state index contributed by atoms with van der Waals surface area (Å²) in [7, 11) is 0. The summed E-state index contributed by atoms with van der Waals surface area (Å²) in [6.45, 7) is 5.13. The van der Waals surface area contributed by atoms with E-state index in [0.717, 1.165) is 17.9 Å². The smallest absolute Gasteiger partial charge is 0.163 e. The summed E-state index contributed by atoms with van der Waals surface area (Å²) in [5.41, 5.74) is 0.888. The average molecular weight is 219 g/mol. The van der Waals surface area contributed by atoms with Gasteiger partial charge in [-0.1, -0.05) is 13.8 Å². The molecule has 0 aliphatic carbocycles. The lowest BCUT2D eigenvalue weighted by Gasteiger charge is -2.08. The molecule has 2 aromatic rings. The van der Waals surface area contributed by atoms with Gasteiger partial charge in [0.05, 0.1) is 0 Å². The van der Waals surface area contributed by atoms with E-state index in [1.165, 1.54) is 12.1 Å². The third-order valence-corrected chi connectivity index (χ3v) is 2.28. The lowest BCUT2D eigenvalue weighted by atomic mass is 10.2. The van der Waals surface area contributed by atoms with Crippen LogP contribution in [0.3, 0.4) is 0 Å². The monoisotopic (exact) mass is 219 g/mol. The number of nitrogens with zero attached hydrogens (tertiary/aromatic N) is 3. The van der Waals surface area contributed by atoms with Crippen molar-refractivity contribution < 1.29 is 4.39 Å². The number of hydrogen-bond donors (Lipinski definition) is 0. The van der Waals surface area contributed by atoms with Crippen LogP contribution in [0.4, 0.5) is 4.39 Å². The minimum absolute atomic E-state index is 0.237. The van der Waals surface area contributed by atoms with Crippen molar-refractivity contribution >= 4 is 0 Å². The van der Waals surface area contributed by atoms with Crippen LogP contribution in [0.1, 0.15) is 13.8 Å². The van der Waals surface area contributed by atoms with Crippen LogP contribution in [0.25, 0.3) is 11.4 Å². The van der Waals surface area contributed by atoms with E-state index in [4.69, 9.17) is 0 Å². The number of aromatic nitrogens is 3. The van der Waals surface area contributed by atoms with Gasteiger partial charge in [-0.05, 0) is 30.2 Å². The first-order valence-corrected chi connectivity index (χ1v) is 5.30. The third-order valence-electron chi connectivity index (χ3n) is 2.28. The van der Waals surface area contributed by atoms with E-state index in [2.05, 4.69) is 24.0 Å². The highest BCUT2D eigenvalue weighted by atomic mass is 19.1. The van der Waals surface area contributed by atoms with Gasteiger partial charge >= 0.3 is 0 Å². The van der Waals surface area contributed by atoms with E-state index in [1.807, 2.05) is 4.57 Å². The van der Waals surface area contributed by atoms with Gasteiger partial charge in [0, 0.05) is 12.1 Å². The summed E-state index contributed by atoms with van der Waals surface area (Å²) in [4.78, 5) is 0. The predicted molar refractivity (Wildman–Crippen MR) is 60.3 cm³/mol. The minimum Gasteiger partial charge on any atom is -0.313 e. The second-order valence-electron chi connectivity index (χ2n) is 4.21. The number of rotatable bonds is 3. The molecule has 1 aromatic heterocycles. The van der Waals surface area contributed by atoms with Gasteiger partial charge < -0.3 is 4.57 Å². The zero-order valence-electron chi connectivity index (χ0n) is 9.39. The van der Waals surface area contributed by atoms with Crippen molar-refractivity contribution in [2.24, 2.45) is 5.92 Å². The van der Waals surface area contributed by atoms with E-state index in [0.29, 0.717) is 5.92 Å². The lowest BCUT2D eigenvalue weighted by molar-refractivity contribution is 0.525. The largest absolute Gasteiger partial charge is 0.313 e. The average Bonchev–Trinajstić information content (AvgIpc) is 2.66. The van der Waals surface area contributed by atoms with Crippen molar-refractivity contribution in [3.63, 3.8) is 0 Å². The Hall–Kier alpha value is -1.71. The van der Waals surface area contributed by atoms with Crippen molar-refractivity contribution in [1.29, 1.82) is 0 Å². The van der Waals surface area contributed by atoms with Gasteiger partial charge in [0.2, 0.25) is 0 Å². The van der Waals surface area contributed by atoms with Gasteiger partial charge in [-0.2, -0.15) is 0 Å². The molecule has 0 saturated carbocycles.